The fraction of sp³-hybridized carbons (Fsp3) is 0.533. The van der Waals surface area contributed by atoms with Crippen LogP contribution >= 0.6 is 0 Å². The van der Waals surface area contributed by atoms with Crippen molar-refractivity contribution in [3.63, 3.8) is 0 Å². The predicted molar refractivity (Wildman–Crippen MR) is 74.8 cm³/mol. The highest BCUT2D eigenvalue weighted by atomic mass is 19.4. The van der Waals surface area contributed by atoms with Crippen LogP contribution in [0.1, 0.15) is 36.8 Å². The molecule has 6 heteroatoms. The molecule has 0 aromatic heterocycles. The van der Waals surface area contributed by atoms with E-state index in [4.69, 9.17) is 11.0 Å². The van der Waals surface area contributed by atoms with Crippen molar-refractivity contribution in [1.82, 2.24) is 0 Å². The van der Waals surface area contributed by atoms with Crippen molar-refractivity contribution in [2.24, 2.45) is 5.73 Å². The summed E-state index contributed by atoms with van der Waals surface area (Å²) in [6.45, 7) is 0. The SMILES string of the molecule is CN(c1ccc(C(F)(F)F)c(C#N)c1)C1CCC(N)CC1. The number of nitriles is 1. The molecule has 21 heavy (non-hydrogen) atoms. The highest BCUT2D eigenvalue weighted by Crippen LogP contribution is 2.34. The molecule has 1 aromatic carbocycles. The van der Waals surface area contributed by atoms with Gasteiger partial charge in [-0.2, -0.15) is 18.4 Å². The molecule has 0 radical (unpaired) electrons. The molecule has 2 rings (SSSR count). The van der Waals surface area contributed by atoms with Crippen molar-refractivity contribution in [3.8, 4) is 6.07 Å². The molecule has 0 aliphatic heterocycles. The van der Waals surface area contributed by atoms with Gasteiger partial charge >= 0.3 is 6.18 Å². The molecule has 0 saturated heterocycles. The Labute approximate surface area is 122 Å². The van der Waals surface area contributed by atoms with Crippen LogP contribution in [0, 0.1) is 11.3 Å². The molecule has 0 spiro atoms. The lowest BCUT2D eigenvalue weighted by Gasteiger charge is -2.35. The molecular weight excluding hydrogens is 279 g/mol. The zero-order valence-electron chi connectivity index (χ0n) is 11.8. The molecular formula is C15H18F3N3. The largest absolute Gasteiger partial charge is 0.417 e. The van der Waals surface area contributed by atoms with Gasteiger partial charge in [0.25, 0.3) is 0 Å². The summed E-state index contributed by atoms with van der Waals surface area (Å²) in [7, 11) is 1.85. The quantitative estimate of drug-likeness (QED) is 0.911. The molecule has 2 N–H and O–H groups in total. The van der Waals surface area contributed by atoms with E-state index in [1.165, 1.54) is 12.1 Å². The van der Waals surface area contributed by atoms with Crippen LogP contribution in [0.15, 0.2) is 18.2 Å². The normalized spacial score (nSPS) is 22.7. The fourth-order valence-corrected chi connectivity index (χ4v) is 2.79. The maximum atomic E-state index is 12.8. The zero-order chi connectivity index (χ0) is 15.6. The van der Waals surface area contributed by atoms with Crippen molar-refractivity contribution in [2.45, 2.75) is 43.9 Å². The van der Waals surface area contributed by atoms with E-state index in [9.17, 15) is 13.2 Å². The highest BCUT2D eigenvalue weighted by Gasteiger charge is 2.34. The van der Waals surface area contributed by atoms with Crippen LogP contribution in [0.25, 0.3) is 0 Å². The Hall–Kier alpha value is -1.74. The summed E-state index contributed by atoms with van der Waals surface area (Å²) in [6.07, 6.45) is -0.831. The van der Waals surface area contributed by atoms with E-state index in [0.717, 1.165) is 31.7 Å². The number of rotatable bonds is 2. The van der Waals surface area contributed by atoms with Gasteiger partial charge in [-0.3, -0.25) is 0 Å². The van der Waals surface area contributed by atoms with Gasteiger partial charge in [0.15, 0.2) is 0 Å². The number of anilines is 1. The average Bonchev–Trinajstić information content (AvgIpc) is 2.45. The number of benzene rings is 1. The lowest BCUT2D eigenvalue weighted by atomic mass is 9.90. The summed E-state index contributed by atoms with van der Waals surface area (Å²) in [4.78, 5) is 1.95. The van der Waals surface area contributed by atoms with E-state index in [-0.39, 0.29) is 17.6 Å². The summed E-state index contributed by atoms with van der Waals surface area (Å²) in [5.74, 6) is 0. The van der Waals surface area contributed by atoms with Crippen LogP contribution in [0.5, 0.6) is 0 Å². The minimum atomic E-state index is -4.50. The van der Waals surface area contributed by atoms with Crippen LogP contribution in [0.4, 0.5) is 18.9 Å². The first-order valence-electron chi connectivity index (χ1n) is 6.92. The molecule has 0 unspecified atom stereocenters. The second kappa shape index (κ2) is 5.94. The summed E-state index contributed by atoms with van der Waals surface area (Å²) < 4.78 is 38.4. The van der Waals surface area contributed by atoms with Crippen LogP contribution < -0.4 is 10.6 Å². The highest BCUT2D eigenvalue weighted by molar-refractivity contribution is 5.55. The lowest BCUT2D eigenvalue weighted by molar-refractivity contribution is -0.137. The Morgan fingerprint density at radius 2 is 1.86 bits per heavy atom. The molecule has 0 heterocycles. The Kier molecular flexibility index (Phi) is 4.43. The van der Waals surface area contributed by atoms with Gasteiger partial charge < -0.3 is 10.6 Å². The Bertz CT molecular complexity index is 540. The summed E-state index contributed by atoms with van der Waals surface area (Å²) in [5.41, 5.74) is 5.29. The average molecular weight is 297 g/mol. The van der Waals surface area contributed by atoms with Crippen molar-refractivity contribution < 1.29 is 13.2 Å². The summed E-state index contributed by atoms with van der Waals surface area (Å²) in [6, 6.07) is 5.85. The van der Waals surface area contributed by atoms with Crippen molar-refractivity contribution >= 4 is 5.69 Å². The minimum absolute atomic E-state index is 0.219. The van der Waals surface area contributed by atoms with E-state index in [1.54, 1.807) is 6.07 Å². The second-order valence-corrected chi connectivity index (χ2v) is 5.52. The van der Waals surface area contributed by atoms with Gasteiger partial charge in [-0.15, -0.1) is 0 Å². The maximum absolute atomic E-state index is 12.8. The molecule has 0 amide bonds. The smallest absolute Gasteiger partial charge is 0.372 e. The van der Waals surface area contributed by atoms with Gasteiger partial charge in [-0.05, 0) is 43.9 Å². The van der Waals surface area contributed by atoms with Gasteiger partial charge in [-0.25, -0.2) is 0 Å². The third-order valence-corrected chi connectivity index (χ3v) is 4.13. The second-order valence-electron chi connectivity index (χ2n) is 5.52. The van der Waals surface area contributed by atoms with Crippen molar-refractivity contribution in [3.05, 3.63) is 29.3 Å². The molecule has 1 saturated carbocycles. The minimum Gasteiger partial charge on any atom is -0.372 e. The molecule has 114 valence electrons. The molecule has 1 aromatic rings. The third kappa shape index (κ3) is 3.48. The Balaban J connectivity index is 2.23. The fourth-order valence-electron chi connectivity index (χ4n) is 2.79. The number of hydrogen-bond acceptors (Lipinski definition) is 3. The first-order chi connectivity index (χ1) is 9.82. The summed E-state index contributed by atoms with van der Waals surface area (Å²) >= 11 is 0. The van der Waals surface area contributed by atoms with Crippen molar-refractivity contribution in [2.75, 3.05) is 11.9 Å². The van der Waals surface area contributed by atoms with Crippen molar-refractivity contribution in [1.29, 1.82) is 5.26 Å². The molecule has 1 aliphatic rings. The van der Waals surface area contributed by atoms with Gasteiger partial charge in [0.1, 0.15) is 0 Å². The van der Waals surface area contributed by atoms with Gasteiger partial charge in [0.05, 0.1) is 17.2 Å². The zero-order valence-corrected chi connectivity index (χ0v) is 11.8. The number of halogens is 3. The number of nitrogens with zero attached hydrogens (tertiary/aromatic N) is 2. The topological polar surface area (TPSA) is 53.0 Å². The monoisotopic (exact) mass is 297 g/mol. The van der Waals surface area contributed by atoms with E-state index in [2.05, 4.69) is 0 Å². The van der Waals surface area contributed by atoms with Gasteiger partial charge in [0.2, 0.25) is 0 Å². The van der Waals surface area contributed by atoms with E-state index in [1.807, 2.05) is 11.9 Å². The van der Waals surface area contributed by atoms with Crippen LogP contribution in [-0.4, -0.2) is 19.1 Å². The summed E-state index contributed by atoms with van der Waals surface area (Å²) in [5, 5.41) is 8.95. The van der Waals surface area contributed by atoms with Gasteiger partial charge in [0, 0.05) is 24.8 Å². The first-order valence-corrected chi connectivity index (χ1v) is 6.92. The van der Waals surface area contributed by atoms with Gasteiger partial charge in [-0.1, -0.05) is 0 Å². The number of hydrogen-bond donors (Lipinski definition) is 1. The van der Waals surface area contributed by atoms with E-state index < -0.39 is 11.7 Å². The molecule has 3 nitrogen and oxygen atoms in total. The van der Waals surface area contributed by atoms with Crippen LogP contribution in [-0.2, 0) is 6.18 Å². The van der Waals surface area contributed by atoms with E-state index >= 15 is 0 Å². The maximum Gasteiger partial charge on any atom is 0.417 e. The Morgan fingerprint density at radius 3 is 2.38 bits per heavy atom. The first kappa shape index (κ1) is 15.6. The van der Waals surface area contributed by atoms with E-state index in [0.29, 0.717) is 5.69 Å². The lowest BCUT2D eigenvalue weighted by Crippen LogP contribution is -2.38. The predicted octanol–water partition coefficient (Wildman–Crippen LogP) is 3.28. The molecule has 0 bridgehead atoms. The molecule has 0 atom stereocenters. The van der Waals surface area contributed by atoms with Crippen LogP contribution in [0.2, 0.25) is 0 Å². The molecule has 1 aliphatic carbocycles. The number of nitrogens with two attached hydrogens (primary N) is 1. The third-order valence-electron chi connectivity index (χ3n) is 4.13. The Morgan fingerprint density at radius 1 is 1.24 bits per heavy atom. The standard InChI is InChI=1S/C15H18F3N3/c1-21(12-4-2-11(20)3-5-12)13-6-7-14(15(16,17)18)10(8-13)9-19/h6-8,11-12H,2-5,20H2,1H3. The number of alkyl halides is 3. The molecule has 1 fully saturated rings. The van der Waals surface area contributed by atoms with Crippen LogP contribution in [0.3, 0.4) is 0 Å².